The van der Waals surface area contributed by atoms with Crippen LogP contribution in [0, 0.1) is 6.92 Å². The topological polar surface area (TPSA) is 120 Å². The van der Waals surface area contributed by atoms with Gasteiger partial charge in [0.2, 0.25) is 11.1 Å². The predicted octanol–water partition coefficient (Wildman–Crippen LogP) is 6.10. The Bertz CT molecular complexity index is 1840. The number of amides is 2. The Morgan fingerprint density at radius 2 is 1.81 bits per heavy atom. The summed E-state index contributed by atoms with van der Waals surface area (Å²) in [6.45, 7) is 8.01. The number of morpholine rings is 1. The average molecular weight is 689 g/mol. The molecule has 3 heterocycles. The van der Waals surface area contributed by atoms with E-state index in [0.29, 0.717) is 83.2 Å². The van der Waals surface area contributed by atoms with E-state index < -0.39 is 6.04 Å². The molecule has 4 aromatic rings. The minimum absolute atomic E-state index is 0.119. The maximum atomic E-state index is 14.1. The molecule has 0 bridgehead atoms. The molecule has 1 atom stereocenters. The molecule has 0 aliphatic carbocycles. The minimum atomic E-state index is -0.657. The number of para-hydroxylation sites is 1. The largest absolute Gasteiger partial charge is 0.490 e. The van der Waals surface area contributed by atoms with Gasteiger partial charge in [0.25, 0.3) is 11.8 Å². The Hall–Kier alpha value is -4.52. The summed E-state index contributed by atoms with van der Waals surface area (Å²) in [5.41, 5.74) is 4.47. The van der Waals surface area contributed by atoms with Gasteiger partial charge in [-0.3, -0.25) is 9.59 Å². The number of aromatic nitrogens is 3. The van der Waals surface area contributed by atoms with E-state index in [9.17, 15) is 9.59 Å². The maximum absolute atomic E-state index is 14.1. The van der Waals surface area contributed by atoms with Crippen molar-refractivity contribution < 1.29 is 23.8 Å². The third kappa shape index (κ3) is 7.46. The van der Waals surface area contributed by atoms with Crippen LogP contribution in [0.15, 0.2) is 83.2 Å². The smallest absolute Gasteiger partial charge is 0.260 e. The minimum Gasteiger partial charge on any atom is -0.490 e. The highest BCUT2D eigenvalue weighted by molar-refractivity contribution is 7.98. The zero-order chi connectivity index (χ0) is 33.6. The first kappa shape index (κ1) is 33.4. The van der Waals surface area contributed by atoms with Crippen LogP contribution in [-0.2, 0) is 20.1 Å². The molecule has 1 unspecified atom stereocenters. The lowest BCUT2D eigenvalue weighted by Crippen LogP contribution is -2.43. The van der Waals surface area contributed by atoms with E-state index in [2.05, 4.69) is 10.6 Å². The van der Waals surface area contributed by atoms with Crippen molar-refractivity contribution >= 4 is 46.8 Å². The summed E-state index contributed by atoms with van der Waals surface area (Å²) in [5, 5.41) is 12.5. The van der Waals surface area contributed by atoms with Crippen molar-refractivity contribution in [2.75, 3.05) is 50.2 Å². The van der Waals surface area contributed by atoms with E-state index in [0.717, 1.165) is 16.7 Å². The molecule has 13 heteroatoms. The number of fused-ring (bicyclic) bond motifs is 1. The fourth-order valence-electron chi connectivity index (χ4n) is 5.58. The lowest BCUT2D eigenvalue weighted by molar-refractivity contribution is -0.137. The van der Waals surface area contributed by atoms with Crippen LogP contribution in [0.2, 0.25) is 5.02 Å². The lowest BCUT2D eigenvalue weighted by atomic mass is 9.94. The van der Waals surface area contributed by atoms with Gasteiger partial charge in [0.1, 0.15) is 6.04 Å². The van der Waals surface area contributed by atoms with Gasteiger partial charge < -0.3 is 29.7 Å². The summed E-state index contributed by atoms with van der Waals surface area (Å²) in [6.07, 6.45) is 0. The highest BCUT2D eigenvalue weighted by atomic mass is 35.5. The van der Waals surface area contributed by atoms with Crippen LogP contribution in [-0.4, -0.2) is 71.0 Å². The Kier molecular flexibility index (Phi) is 10.5. The highest BCUT2D eigenvalue weighted by Crippen LogP contribution is 2.40. The molecule has 2 N–H and O–H groups in total. The molecule has 2 aliphatic heterocycles. The fraction of sp³-hybridized carbons (Fsp3) is 0.314. The van der Waals surface area contributed by atoms with Crippen LogP contribution >= 0.6 is 23.4 Å². The number of benzene rings is 3. The molecule has 1 fully saturated rings. The zero-order valence-electron chi connectivity index (χ0n) is 27.0. The molecule has 48 heavy (non-hydrogen) atoms. The second kappa shape index (κ2) is 15.1. The molecule has 2 aliphatic rings. The standard InChI is InChI=1S/C35H37ClN6O5S/c1-4-46-29-19-24(13-14-28(29)47-20-30(43)41-15-17-45-18-16-41)32-31(33(44)38-27-12-8-5-9-22(27)2)23(3)37-34-39-35(40-42(32)34)48-21-25-10-6-7-11-26(25)36/h5-14,19,32H,4,15-18,20-21H2,1-3H3,(H,38,44)(H,37,39,40). The van der Waals surface area contributed by atoms with Crippen LogP contribution in [0.3, 0.4) is 0 Å². The number of aryl methyl sites for hydroxylation is 1. The molecule has 1 aromatic heterocycles. The van der Waals surface area contributed by atoms with Gasteiger partial charge in [-0.25, -0.2) is 4.68 Å². The number of halogens is 1. The van der Waals surface area contributed by atoms with Crippen LogP contribution in [0.4, 0.5) is 11.6 Å². The summed E-state index contributed by atoms with van der Waals surface area (Å²) >= 11 is 7.86. The number of hydrogen-bond donors (Lipinski definition) is 2. The van der Waals surface area contributed by atoms with Crippen LogP contribution in [0.5, 0.6) is 11.5 Å². The third-order valence-electron chi connectivity index (χ3n) is 8.08. The van der Waals surface area contributed by atoms with Gasteiger partial charge in [0.15, 0.2) is 18.1 Å². The number of rotatable bonds is 11. The number of carbonyl (C=O) groups is 2. The van der Waals surface area contributed by atoms with Gasteiger partial charge in [-0.15, -0.1) is 5.10 Å². The number of carbonyl (C=O) groups excluding carboxylic acids is 2. The first-order valence-electron chi connectivity index (χ1n) is 15.7. The van der Waals surface area contributed by atoms with E-state index in [1.807, 2.05) is 81.4 Å². The van der Waals surface area contributed by atoms with Crippen molar-refractivity contribution in [3.63, 3.8) is 0 Å². The summed E-state index contributed by atoms with van der Waals surface area (Å²) in [6, 6.07) is 20.1. The van der Waals surface area contributed by atoms with Crippen LogP contribution in [0.1, 0.15) is 36.6 Å². The predicted molar refractivity (Wildman–Crippen MR) is 186 cm³/mol. The van der Waals surface area contributed by atoms with Gasteiger partial charge in [0.05, 0.1) is 25.4 Å². The number of hydrogen-bond acceptors (Lipinski definition) is 9. The second-order valence-corrected chi connectivity index (χ2v) is 12.6. The zero-order valence-corrected chi connectivity index (χ0v) is 28.6. The molecule has 3 aromatic carbocycles. The van der Waals surface area contributed by atoms with E-state index in [1.165, 1.54) is 11.8 Å². The average Bonchev–Trinajstić information content (AvgIpc) is 3.50. The number of thioether (sulfide) groups is 1. The van der Waals surface area contributed by atoms with Crippen LogP contribution in [0.25, 0.3) is 0 Å². The lowest BCUT2D eigenvalue weighted by Gasteiger charge is -2.29. The van der Waals surface area contributed by atoms with E-state index in [-0.39, 0.29) is 18.4 Å². The monoisotopic (exact) mass is 688 g/mol. The Labute approximate surface area is 288 Å². The quantitative estimate of drug-likeness (QED) is 0.180. The molecule has 2 amide bonds. The van der Waals surface area contributed by atoms with Gasteiger partial charge in [-0.1, -0.05) is 65.8 Å². The van der Waals surface area contributed by atoms with Gasteiger partial charge >= 0.3 is 0 Å². The Morgan fingerprint density at radius 1 is 1.04 bits per heavy atom. The van der Waals surface area contributed by atoms with Crippen LogP contribution < -0.4 is 20.1 Å². The summed E-state index contributed by atoms with van der Waals surface area (Å²) < 4.78 is 19.1. The first-order valence-corrected chi connectivity index (χ1v) is 17.1. The van der Waals surface area contributed by atoms with Crippen molar-refractivity contribution in [2.45, 2.75) is 37.7 Å². The van der Waals surface area contributed by atoms with Crippen molar-refractivity contribution in [3.8, 4) is 11.5 Å². The molecule has 0 saturated carbocycles. The maximum Gasteiger partial charge on any atom is 0.260 e. The third-order valence-corrected chi connectivity index (χ3v) is 9.34. The Morgan fingerprint density at radius 3 is 2.58 bits per heavy atom. The second-order valence-electron chi connectivity index (χ2n) is 11.3. The molecule has 6 rings (SSSR count). The summed E-state index contributed by atoms with van der Waals surface area (Å²) in [4.78, 5) is 33.4. The molecular formula is C35H37ClN6O5S. The molecule has 250 valence electrons. The first-order chi connectivity index (χ1) is 23.3. The van der Waals surface area contributed by atoms with E-state index >= 15 is 0 Å². The Balaban J connectivity index is 1.33. The van der Waals surface area contributed by atoms with Crippen molar-refractivity contribution in [1.82, 2.24) is 19.7 Å². The number of anilines is 2. The molecular weight excluding hydrogens is 652 g/mol. The molecule has 1 saturated heterocycles. The highest BCUT2D eigenvalue weighted by Gasteiger charge is 2.35. The van der Waals surface area contributed by atoms with E-state index in [1.54, 1.807) is 15.6 Å². The summed E-state index contributed by atoms with van der Waals surface area (Å²) in [7, 11) is 0. The molecule has 0 spiro atoms. The normalized spacial score (nSPS) is 15.8. The van der Waals surface area contributed by atoms with Gasteiger partial charge in [0, 0.05) is 35.2 Å². The van der Waals surface area contributed by atoms with Crippen molar-refractivity contribution in [3.05, 3.63) is 99.7 Å². The number of allylic oxidation sites excluding steroid dienone is 1. The molecule has 0 radical (unpaired) electrons. The van der Waals surface area contributed by atoms with Crippen molar-refractivity contribution in [2.24, 2.45) is 0 Å². The van der Waals surface area contributed by atoms with Crippen molar-refractivity contribution in [1.29, 1.82) is 0 Å². The van der Waals surface area contributed by atoms with Gasteiger partial charge in [-0.2, -0.15) is 4.98 Å². The summed E-state index contributed by atoms with van der Waals surface area (Å²) in [5.74, 6) is 1.56. The fourth-order valence-corrected chi connectivity index (χ4v) is 6.70. The van der Waals surface area contributed by atoms with E-state index in [4.69, 9.17) is 35.9 Å². The molecule has 11 nitrogen and oxygen atoms in total. The SMILES string of the molecule is CCOc1cc(C2C(C(=O)Nc3ccccc3C)=C(C)Nc3nc(SCc4ccccc4Cl)nn32)ccc1OCC(=O)N1CCOCC1. The van der Waals surface area contributed by atoms with Gasteiger partial charge in [-0.05, 0) is 61.7 Å². The number of ether oxygens (including phenoxy) is 3. The number of nitrogens with one attached hydrogen (secondary N) is 2. The number of nitrogens with zero attached hydrogens (tertiary/aromatic N) is 4.